The number of aromatic nitrogens is 6. The van der Waals surface area contributed by atoms with Crippen molar-refractivity contribution in [1.82, 2.24) is 35.2 Å². The minimum Gasteiger partial charge on any atom is -0.345 e. The average Bonchev–Trinajstić information content (AvgIpc) is 3.83. The van der Waals surface area contributed by atoms with Gasteiger partial charge in [-0.15, -0.1) is 10.2 Å². The van der Waals surface area contributed by atoms with Crippen molar-refractivity contribution in [3.63, 3.8) is 0 Å². The number of carbonyl (C=O) groups excluding carboxylic acids is 4. The molecular weight excluding hydrogens is 821 g/mol. The van der Waals surface area contributed by atoms with E-state index in [4.69, 9.17) is 5.10 Å². The predicted molar refractivity (Wildman–Crippen MR) is 243 cm³/mol. The van der Waals surface area contributed by atoms with Crippen LogP contribution in [0.4, 0.5) is 11.4 Å². The lowest BCUT2D eigenvalue weighted by atomic mass is 10.1. The lowest BCUT2D eigenvalue weighted by molar-refractivity contribution is -0.737. The first-order valence-electron chi connectivity index (χ1n) is 20.6. The van der Waals surface area contributed by atoms with E-state index in [-0.39, 0.29) is 54.8 Å². The van der Waals surface area contributed by atoms with E-state index in [0.717, 1.165) is 45.1 Å². The molecule has 2 aromatic heterocycles. The summed E-state index contributed by atoms with van der Waals surface area (Å²) in [6, 6.07) is 28.4. The highest BCUT2D eigenvalue weighted by molar-refractivity contribution is 8.00. The fraction of sp³-hybridized carbons (Fsp3) is 0.304. The zero-order chi connectivity index (χ0) is 44.2. The van der Waals surface area contributed by atoms with Gasteiger partial charge in [0.1, 0.15) is 13.1 Å². The Morgan fingerprint density at radius 3 is 1.97 bits per heavy atom. The number of rotatable bonds is 19. The molecule has 62 heavy (non-hydrogen) atoms. The summed E-state index contributed by atoms with van der Waals surface area (Å²) in [5.74, 6) is 0.601. The van der Waals surface area contributed by atoms with Crippen molar-refractivity contribution in [2.75, 3.05) is 22.1 Å². The predicted octanol–water partition coefficient (Wildman–Crippen LogP) is 6.66. The molecule has 6 aromatic rings. The van der Waals surface area contributed by atoms with Crippen LogP contribution in [-0.4, -0.2) is 59.7 Å². The summed E-state index contributed by atoms with van der Waals surface area (Å²) >= 11 is 2.62. The van der Waals surface area contributed by atoms with E-state index in [0.29, 0.717) is 46.7 Å². The number of aryl methyl sites for hydroxylation is 4. The number of thioether (sulfide) groups is 2. The molecule has 14 nitrogen and oxygen atoms in total. The Hall–Kier alpha value is -6.26. The van der Waals surface area contributed by atoms with Gasteiger partial charge >= 0.3 is 0 Å². The van der Waals surface area contributed by atoms with Gasteiger partial charge in [0, 0.05) is 39.7 Å². The minimum absolute atomic E-state index is 0.0725. The summed E-state index contributed by atoms with van der Waals surface area (Å²) in [5, 5.41) is 27.0. The van der Waals surface area contributed by atoms with Crippen molar-refractivity contribution >= 4 is 58.5 Å². The van der Waals surface area contributed by atoms with Crippen molar-refractivity contribution in [1.29, 1.82) is 0 Å². The molecule has 0 aliphatic heterocycles. The first-order valence-corrected chi connectivity index (χ1v) is 22.6. The molecule has 6 rings (SSSR count). The van der Waals surface area contributed by atoms with Crippen LogP contribution in [0.5, 0.6) is 0 Å². The monoisotopic (exact) mass is 873 g/mol. The Bertz CT molecular complexity index is 2570. The van der Waals surface area contributed by atoms with E-state index in [9.17, 15) is 19.2 Å². The Morgan fingerprint density at radius 2 is 1.34 bits per heavy atom. The van der Waals surface area contributed by atoms with Crippen LogP contribution in [0.2, 0.25) is 0 Å². The van der Waals surface area contributed by atoms with Crippen LogP contribution < -0.4 is 25.8 Å². The number of anilines is 2. The highest BCUT2D eigenvalue weighted by atomic mass is 32.2. The molecule has 0 spiro atoms. The highest BCUT2D eigenvalue weighted by Crippen LogP contribution is 2.25. The number of benzene rings is 4. The Morgan fingerprint density at radius 1 is 0.694 bits per heavy atom. The van der Waals surface area contributed by atoms with Crippen LogP contribution >= 0.6 is 23.5 Å². The van der Waals surface area contributed by atoms with Crippen molar-refractivity contribution in [3.05, 3.63) is 142 Å². The first kappa shape index (κ1) is 45.3. The average molecular weight is 874 g/mol. The molecule has 4 amide bonds. The lowest BCUT2D eigenvalue weighted by Crippen LogP contribution is -2.41. The molecule has 0 aliphatic carbocycles. The second-order valence-electron chi connectivity index (χ2n) is 14.7. The SMILES string of the molecule is CCc1ccc(Cn2nc(CNC(=O)c3cccc(C)c3)[n+](CC)c2SCC(=O)Nc2ccccc2C)c(NC(=O)CSc2nnc(CNC(=O)c3cccc(C)c3)n2CC)c1. The molecule has 16 heteroatoms. The summed E-state index contributed by atoms with van der Waals surface area (Å²) in [7, 11) is 0. The molecule has 0 saturated heterocycles. The smallest absolute Gasteiger partial charge is 0.297 e. The van der Waals surface area contributed by atoms with Gasteiger partial charge in [-0.05, 0) is 100 Å². The number of hydrogen-bond donors (Lipinski definition) is 4. The maximum absolute atomic E-state index is 13.6. The van der Waals surface area contributed by atoms with Crippen LogP contribution in [0.3, 0.4) is 0 Å². The van der Waals surface area contributed by atoms with Gasteiger partial charge in [-0.25, -0.2) is 4.57 Å². The standard InChI is InChI=1S/C46H52N10O4S2/c1-7-33-20-21-36(38(24-33)50-41(57)28-61-45-52-51-39(54(45)8-2)25-47-43(59)34-17-12-14-30(4)22-34)27-56-46(62-29-42(58)49-37-19-11-10-16-32(37)6)55(9-3)40(53-56)26-48-44(60)35-18-13-15-31(5)23-35/h10-24H,7-9,25-29H2,1-6H3,(H3-,47,48,49,50,57,58,59,60)/p+1. The Balaban J connectivity index is 1.19. The molecule has 322 valence electrons. The lowest BCUT2D eigenvalue weighted by Gasteiger charge is -2.13. The van der Waals surface area contributed by atoms with Gasteiger partial charge < -0.3 is 25.8 Å². The van der Waals surface area contributed by atoms with Crippen LogP contribution in [-0.2, 0) is 48.7 Å². The topological polar surface area (TPSA) is 169 Å². The number of amides is 4. The van der Waals surface area contributed by atoms with E-state index in [2.05, 4.69) is 38.4 Å². The molecule has 0 radical (unpaired) electrons. The first-order chi connectivity index (χ1) is 30.0. The largest absolute Gasteiger partial charge is 0.345 e. The van der Waals surface area contributed by atoms with E-state index < -0.39 is 0 Å². The van der Waals surface area contributed by atoms with Gasteiger partial charge in [0.25, 0.3) is 22.8 Å². The number of nitrogens with one attached hydrogen (secondary N) is 4. The van der Waals surface area contributed by atoms with Crippen molar-refractivity contribution < 1.29 is 23.7 Å². The van der Waals surface area contributed by atoms with E-state index in [1.54, 1.807) is 12.1 Å². The van der Waals surface area contributed by atoms with E-state index >= 15 is 0 Å². The van der Waals surface area contributed by atoms with Gasteiger partial charge in [0.15, 0.2) is 11.0 Å². The van der Waals surface area contributed by atoms with Crippen molar-refractivity contribution in [2.24, 2.45) is 0 Å². The number of para-hydroxylation sites is 1. The second kappa shape index (κ2) is 21.5. The fourth-order valence-electron chi connectivity index (χ4n) is 6.76. The molecule has 4 aromatic carbocycles. The molecule has 0 fully saturated rings. The highest BCUT2D eigenvalue weighted by Gasteiger charge is 2.28. The summed E-state index contributed by atoms with van der Waals surface area (Å²) < 4.78 is 5.72. The normalized spacial score (nSPS) is 11.0. The van der Waals surface area contributed by atoms with E-state index in [1.165, 1.54) is 23.5 Å². The van der Waals surface area contributed by atoms with Crippen LogP contribution in [0.1, 0.15) is 81.0 Å². The summed E-state index contributed by atoms with van der Waals surface area (Å²) in [6.45, 7) is 13.6. The molecule has 2 heterocycles. The molecule has 0 bridgehead atoms. The number of nitrogens with zero attached hydrogens (tertiary/aromatic N) is 6. The quantitative estimate of drug-likeness (QED) is 0.0514. The van der Waals surface area contributed by atoms with E-state index in [1.807, 2.05) is 127 Å². The van der Waals surface area contributed by atoms with Crippen molar-refractivity contribution in [2.45, 2.75) is 91.0 Å². The van der Waals surface area contributed by atoms with Crippen molar-refractivity contribution in [3.8, 4) is 0 Å². The number of carbonyl (C=O) groups is 4. The number of hydrogen-bond acceptors (Lipinski definition) is 9. The van der Waals surface area contributed by atoms with Gasteiger partial charge in [-0.3, -0.25) is 19.2 Å². The molecular formula is C46H53N10O4S2+. The fourth-order valence-corrected chi connectivity index (χ4v) is 8.56. The van der Waals surface area contributed by atoms with Gasteiger partial charge in [-0.1, -0.05) is 89.1 Å². The maximum Gasteiger partial charge on any atom is 0.297 e. The van der Waals surface area contributed by atoms with Crippen LogP contribution in [0.25, 0.3) is 0 Å². The molecule has 0 atom stereocenters. The zero-order valence-corrected chi connectivity index (χ0v) is 37.6. The molecule has 0 unspecified atom stereocenters. The third-order valence-corrected chi connectivity index (χ3v) is 12.1. The summed E-state index contributed by atoms with van der Waals surface area (Å²) in [5.41, 5.74) is 7.33. The molecule has 0 saturated carbocycles. The third-order valence-electron chi connectivity index (χ3n) is 10.1. The maximum atomic E-state index is 13.6. The van der Waals surface area contributed by atoms with Crippen LogP contribution in [0, 0.1) is 20.8 Å². The molecule has 0 aliphatic rings. The summed E-state index contributed by atoms with van der Waals surface area (Å²) in [6.07, 6.45) is 0.764. The Kier molecular flexibility index (Phi) is 15.7. The van der Waals surface area contributed by atoms with Crippen LogP contribution in [0.15, 0.2) is 101 Å². The Labute approximate surface area is 370 Å². The van der Waals surface area contributed by atoms with Gasteiger partial charge in [0.2, 0.25) is 11.8 Å². The second-order valence-corrected chi connectivity index (χ2v) is 16.6. The summed E-state index contributed by atoms with van der Waals surface area (Å²) in [4.78, 5) is 52.9. The third kappa shape index (κ3) is 11.8. The minimum atomic E-state index is -0.226. The van der Waals surface area contributed by atoms with Gasteiger partial charge in [0.05, 0.1) is 24.6 Å². The molecule has 4 N–H and O–H groups in total. The zero-order valence-electron chi connectivity index (χ0n) is 35.9. The van der Waals surface area contributed by atoms with Gasteiger partial charge in [-0.2, -0.15) is 0 Å².